The van der Waals surface area contributed by atoms with Gasteiger partial charge in [-0.05, 0) is 42.5 Å². The van der Waals surface area contributed by atoms with Crippen LogP contribution in [0.4, 0.5) is 0 Å². The molecule has 3 rings (SSSR count). The van der Waals surface area contributed by atoms with E-state index in [1.165, 1.54) is 0 Å². The summed E-state index contributed by atoms with van der Waals surface area (Å²) < 4.78 is 27.4. The fourth-order valence-electron chi connectivity index (χ4n) is 3.91. The molecule has 0 aliphatic heterocycles. The lowest BCUT2D eigenvalue weighted by atomic mass is 9.78. The van der Waals surface area contributed by atoms with Gasteiger partial charge in [-0.25, -0.2) is 0 Å². The molecule has 5 nitrogen and oxygen atoms in total. The summed E-state index contributed by atoms with van der Waals surface area (Å²) in [5, 5.41) is 0. The van der Waals surface area contributed by atoms with E-state index in [-0.39, 0.29) is 5.92 Å². The Labute approximate surface area is 178 Å². The van der Waals surface area contributed by atoms with Crippen LogP contribution >= 0.6 is 0 Å². The Morgan fingerprint density at radius 3 is 2.03 bits per heavy atom. The number of benzene rings is 2. The molecule has 0 amide bonds. The highest BCUT2D eigenvalue weighted by Crippen LogP contribution is 2.44. The van der Waals surface area contributed by atoms with Crippen molar-refractivity contribution in [1.29, 1.82) is 0 Å². The molecule has 0 aromatic heterocycles. The van der Waals surface area contributed by atoms with Gasteiger partial charge in [0, 0.05) is 17.5 Å². The fourth-order valence-corrected chi connectivity index (χ4v) is 3.91. The lowest BCUT2D eigenvalue weighted by Crippen LogP contribution is -2.13. The molecule has 0 fully saturated rings. The number of methoxy groups -OCH3 is 5. The molecule has 2 atom stereocenters. The first-order chi connectivity index (χ1) is 14.6. The largest absolute Gasteiger partial charge is 0.496 e. The van der Waals surface area contributed by atoms with Gasteiger partial charge in [-0.2, -0.15) is 0 Å². The molecular weight excluding hydrogens is 380 g/mol. The minimum absolute atomic E-state index is 0.185. The van der Waals surface area contributed by atoms with Crippen molar-refractivity contribution in [2.75, 3.05) is 35.5 Å². The minimum atomic E-state index is 0.185. The maximum Gasteiger partial charge on any atom is 0.164 e. The van der Waals surface area contributed by atoms with E-state index < -0.39 is 0 Å². The molecule has 0 saturated heterocycles. The number of ether oxygens (including phenoxy) is 5. The zero-order chi connectivity index (χ0) is 21.5. The second-order valence-electron chi connectivity index (χ2n) is 7.12. The summed E-state index contributed by atoms with van der Waals surface area (Å²) in [6.07, 6.45) is 11.0. The van der Waals surface area contributed by atoms with Crippen LogP contribution in [-0.2, 0) is 0 Å². The highest BCUT2D eigenvalue weighted by molar-refractivity contribution is 5.57. The van der Waals surface area contributed by atoms with Crippen molar-refractivity contribution < 1.29 is 23.7 Å². The number of rotatable bonds is 8. The molecule has 2 aromatic carbocycles. The minimum Gasteiger partial charge on any atom is -0.496 e. The first-order valence-electron chi connectivity index (χ1n) is 10.0. The zero-order valence-electron chi connectivity index (χ0n) is 18.3. The number of allylic oxidation sites excluding steroid dienone is 3. The van der Waals surface area contributed by atoms with Crippen molar-refractivity contribution >= 4 is 6.08 Å². The van der Waals surface area contributed by atoms with Crippen molar-refractivity contribution in [3.8, 4) is 28.7 Å². The van der Waals surface area contributed by atoms with E-state index in [9.17, 15) is 0 Å². The molecular formula is C25H30O5. The van der Waals surface area contributed by atoms with Crippen molar-refractivity contribution in [2.45, 2.75) is 18.8 Å². The summed E-state index contributed by atoms with van der Waals surface area (Å²) in [5.41, 5.74) is 2.16. The summed E-state index contributed by atoms with van der Waals surface area (Å²) in [6.45, 7) is 0. The average molecular weight is 411 g/mol. The van der Waals surface area contributed by atoms with E-state index >= 15 is 0 Å². The fraction of sp³-hybridized carbons (Fsp3) is 0.360. The quantitative estimate of drug-likeness (QED) is 0.538. The van der Waals surface area contributed by atoms with Crippen molar-refractivity contribution in [1.82, 2.24) is 0 Å². The SMILES string of the molecule is COc1ccc(/C=C/[C@@H]2CCC=C[C@H]2c2cc(OC)c(OC)cc2OC)cc1OC. The maximum absolute atomic E-state index is 5.68. The molecule has 2 aromatic rings. The van der Waals surface area contributed by atoms with Gasteiger partial charge in [-0.15, -0.1) is 0 Å². The molecule has 0 heterocycles. The smallest absolute Gasteiger partial charge is 0.164 e. The lowest BCUT2D eigenvalue weighted by Gasteiger charge is -2.27. The molecule has 30 heavy (non-hydrogen) atoms. The first kappa shape index (κ1) is 21.6. The van der Waals surface area contributed by atoms with Crippen LogP contribution in [0.1, 0.15) is 29.9 Å². The van der Waals surface area contributed by atoms with Gasteiger partial charge in [0.25, 0.3) is 0 Å². The summed E-state index contributed by atoms with van der Waals surface area (Å²) in [7, 11) is 8.26. The second-order valence-corrected chi connectivity index (χ2v) is 7.12. The van der Waals surface area contributed by atoms with Gasteiger partial charge in [0.15, 0.2) is 23.0 Å². The Morgan fingerprint density at radius 2 is 1.37 bits per heavy atom. The van der Waals surface area contributed by atoms with Crippen molar-refractivity contribution in [2.24, 2.45) is 5.92 Å². The Kier molecular flexibility index (Phi) is 7.28. The Balaban J connectivity index is 1.93. The van der Waals surface area contributed by atoms with E-state index in [1.807, 2.05) is 30.3 Å². The van der Waals surface area contributed by atoms with E-state index in [0.717, 1.165) is 41.2 Å². The summed E-state index contributed by atoms with van der Waals surface area (Å²) in [5.74, 6) is 4.13. The topological polar surface area (TPSA) is 46.2 Å². The van der Waals surface area contributed by atoms with Crippen LogP contribution in [0, 0.1) is 5.92 Å². The molecule has 0 unspecified atom stereocenters. The predicted molar refractivity (Wildman–Crippen MR) is 119 cm³/mol. The normalized spacial score (nSPS) is 18.3. The molecule has 160 valence electrons. The van der Waals surface area contributed by atoms with E-state index in [0.29, 0.717) is 17.4 Å². The summed E-state index contributed by atoms with van der Waals surface area (Å²) in [4.78, 5) is 0. The zero-order valence-corrected chi connectivity index (χ0v) is 18.3. The van der Waals surface area contributed by atoms with Crippen LogP contribution in [0.25, 0.3) is 6.08 Å². The Hall–Kier alpha value is -3.08. The van der Waals surface area contributed by atoms with E-state index in [2.05, 4.69) is 24.3 Å². The Bertz CT molecular complexity index is 916. The summed E-state index contributed by atoms with van der Waals surface area (Å²) in [6, 6.07) is 9.86. The third-order valence-corrected chi connectivity index (χ3v) is 5.51. The molecule has 1 aliphatic carbocycles. The highest BCUT2D eigenvalue weighted by atomic mass is 16.5. The van der Waals surface area contributed by atoms with Gasteiger partial charge < -0.3 is 23.7 Å². The van der Waals surface area contributed by atoms with Crippen LogP contribution in [0.2, 0.25) is 0 Å². The van der Waals surface area contributed by atoms with Gasteiger partial charge in [0.05, 0.1) is 35.5 Å². The maximum atomic E-state index is 5.68. The van der Waals surface area contributed by atoms with Gasteiger partial charge >= 0.3 is 0 Å². The number of hydrogen-bond donors (Lipinski definition) is 0. The predicted octanol–water partition coefficient (Wildman–Crippen LogP) is 5.49. The van der Waals surface area contributed by atoms with Crippen molar-refractivity contribution in [3.05, 3.63) is 59.7 Å². The van der Waals surface area contributed by atoms with Gasteiger partial charge in [-0.3, -0.25) is 0 Å². The van der Waals surface area contributed by atoms with Gasteiger partial charge in [0.2, 0.25) is 0 Å². The Morgan fingerprint density at radius 1 is 0.733 bits per heavy atom. The molecule has 0 spiro atoms. The third kappa shape index (κ3) is 4.56. The van der Waals surface area contributed by atoms with Crippen LogP contribution in [0.5, 0.6) is 28.7 Å². The third-order valence-electron chi connectivity index (χ3n) is 5.51. The molecule has 5 heteroatoms. The first-order valence-corrected chi connectivity index (χ1v) is 10.0. The molecule has 0 saturated carbocycles. The van der Waals surface area contributed by atoms with Crippen LogP contribution in [-0.4, -0.2) is 35.5 Å². The van der Waals surface area contributed by atoms with Crippen LogP contribution in [0.15, 0.2) is 48.6 Å². The average Bonchev–Trinajstić information content (AvgIpc) is 2.81. The van der Waals surface area contributed by atoms with Gasteiger partial charge in [-0.1, -0.05) is 30.4 Å². The monoisotopic (exact) mass is 410 g/mol. The van der Waals surface area contributed by atoms with Crippen molar-refractivity contribution in [3.63, 3.8) is 0 Å². The standard InChI is InChI=1S/C25H30O5/c1-26-21-13-11-17(14-23(21)28-3)10-12-18-8-6-7-9-19(18)20-15-24(29-4)25(30-5)16-22(20)27-2/h7,9-16,18-19H,6,8H2,1-5H3/b12-10+/t18-,19+/m0/s1. The van der Waals surface area contributed by atoms with E-state index in [1.54, 1.807) is 35.5 Å². The highest BCUT2D eigenvalue weighted by Gasteiger charge is 2.26. The second kappa shape index (κ2) is 10.1. The summed E-state index contributed by atoms with van der Waals surface area (Å²) >= 11 is 0. The van der Waals surface area contributed by atoms with Crippen LogP contribution in [0.3, 0.4) is 0 Å². The molecule has 1 aliphatic rings. The number of hydrogen-bond acceptors (Lipinski definition) is 5. The molecule has 0 bridgehead atoms. The lowest BCUT2D eigenvalue weighted by molar-refractivity contribution is 0.345. The van der Waals surface area contributed by atoms with Crippen LogP contribution < -0.4 is 23.7 Å². The molecule has 0 radical (unpaired) electrons. The van der Waals surface area contributed by atoms with Gasteiger partial charge in [0.1, 0.15) is 5.75 Å². The molecule has 0 N–H and O–H groups in total. The van der Waals surface area contributed by atoms with E-state index in [4.69, 9.17) is 23.7 Å².